The number of primary amides is 1. The number of amides is 2. The number of aromatic nitrogens is 1. The fourth-order valence-electron chi connectivity index (χ4n) is 1.15. The predicted molar refractivity (Wildman–Crippen MR) is 67.0 cm³/mol. The van der Waals surface area contributed by atoms with E-state index in [2.05, 4.69) is 10.3 Å². The minimum absolute atomic E-state index is 0.176. The van der Waals surface area contributed by atoms with Crippen LogP contribution >= 0.6 is 22.7 Å². The molecule has 0 aliphatic rings. The van der Waals surface area contributed by atoms with Gasteiger partial charge in [-0.1, -0.05) is 6.07 Å². The summed E-state index contributed by atoms with van der Waals surface area (Å²) in [5, 5.41) is 6.79. The van der Waals surface area contributed by atoms with Crippen LogP contribution in [0.3, 0.4) is 0 Å². The van der Waals surface area contributed by atoms with Gasteiger partial charge in [-0.15, -0.1) is 22.7 Å². The number of carbonyl (C=O) groups excluding carboxylic acids is 2. The fraction of sp³-hybridized carbons (Fsp3) is 0.100. The van der Waals surface area contributed by atoms with Gasteiger partial charge in [-0.2, -0.15) is 0 Å². The van der Waals surface area contributed by atoms with Gasteiger partial charge < -0.3 is 11.1 Å². The molecule has 0 fully saturated rings. The van der Waals surface area contributed by atoms with Gasteiger partial charge in [0.05, 0.1) is 11.4 Å². The van der Waals surface area contributed by atoms with E-state index in [9.17, 15) is 9.59 Å². The lowest BCUT2D eigenvalue weighted by Gasteiger charge is -1.98. The van der Waals surface area contributed by atoms with E-state index in [-0.39, 0.29) is 12.5 Å². The number of thiazole rings is 1. The summed E-state index contributed by atoms with van der Waals surface area (Å²) in [6, 6.07) is 3.86. The molecule has 2 aromatic heterocycles. The van der Waals surface area contributed by atoms with Crippen molar-refractivity contribution in [1.82, 2.24) is 10.3 Å². The highest BCUT2D eigenvalue weighted by molar-refractivity contribution is 7.20. The van der Waals surface area contributed by atoms with Crippen molar-refractivity contribution in [2.24, 2.45) is 5.73 Å². The van der Waals surface area contributed by atoms with E-state index in [4.69, 9.17) is 5.73 Å². The lowest BCUT2D eigenvalue weighted by molar-refractivity contribution is -0.117. The normalized spacial score (nSPS) is 10.1. The van der Waals surface area contributed by atoms with Crippen LogP contribution in [-0.4, -0.2) is 23.3 Å². The number of nitrogens with one attached hydrogen (secondary N) is 1. The first-order valence-electron chi connectivity index (χ1n) is 4.72. The maximum Gasteiger partial charge on any atom is 0.271 e. The monoisotopic (exact) mass is 267 g/mol. The second kappa shape index (κ2) is 5.07. The molecule has 2 aromatic rings. The summed E-state index contributed by atoms with van der Waals surface area (Å²) < 4.78 is 0. The third-order valence-corrected chi connectivity index (χ3v) is 3.77. The first kappa shape index (κ1) is 11.7. The quantitative estimate of drug-likeness (QED) is 0.869. The van der Waals surface area contributed by atoms with E-state index in [0.29, 0.717) is 5.69 Å². The summed E-state index contributed by atoms with van der Waals surface area (Å²) in [6.45, 7) is -0.176. The summed E-state index contributed by atoms with van der Waals surface area (Å²) in [7, 11) is 0. The highest BCUT2D eigenvalue weighted by atomic mass is 32.1. The Balaban J connectivity index is 2.08. The van der Waals surface area contributed by atoms with Crippen LogP contribution in [0.2, 0.25) is 0 Å². The molecular formula is C10H9N3O2S2. The Kier molecular flexibility index (Phi) is 3.50. The lowest BCUT2D eigenvalue weighted by Crippen LogP contribution is -2.33. The van der Waals surface area contributed by atoms with E-state index in [1.807, 2.05) is 17.5 Å². The maximum absolute atomic E-state index is 11.6. The number of nitrogens with zero attached hydrogens (tertiary/aromatic N) is 1. The summed E-state index contributed by atoms with van der Waals surface area (Å²) in [5.74, 6) is -0.963. The van der Waals surface area contributed by atoms with Crippen molar-refractivity contribution in [2.45, 2.75) is 0 Å². The standard InChI is InChI=1S/C10H9N3O2S2/c11-8(14)4-12-9(15)6-5-17-10(13-6)7-2-1-3-16-7/h1-3,5H,4H2,(H2,11,14)(H,12,15). The van der Waals surface area contributed by atoms with Crippen LogP contribution in [0.25, 0.3) is 9.88 Å². The van der Waals surface area contributed by atoms with E-state index >= 15 is 0 Å². The molecule has 0 aliphatic carbocycles. The van der Waals surface area contributed by atoms with Crippen molar-refractivity contribution in [1.29, 1.82) is 0 Å². The van der Waals surface area contributed by atoms with Crippen molar-refractivity contribution < 1.29 is 9.59 Å². The van der Waals surface area contributed by atoms with Crippen molar-refractivity contribution in [3.63, 3.8) is 0 Å². The summed E-state index contributed by atoms with van der Waals surface area (Å²) in [6.07, 6.45) is 0. The second-order valence-corrected chi connectivity index (χ2v) is 4.97. The molecule has 2 heterocycles. The molecule has 0 bridgehead atoms. The molecule has 88 valence electrons. The summed E-state index contributed by atoms with van der Waals surface area (Å²) in [4.78, 5) is 27.3. The molecule has 17 heavy (non-hydrogen) atoms. The van der Waals surface area contributed by atoms with Gasteiger partial charge in [-0.3, -0.25) is 9.59 Å². The first-order chi connectivity index (χ1) is 8.16. The molecule has 0 aliphatic heterocycles. The fourth-order valence-corrected chi connectivity index (χ4v) is 2.76. The minimum Gasteiger partial charge on any atom is -0.368 e. The Bertz CT molecular complexity index is 534. The smallest absolute Gasteiger partial charge is 0.271 e. The first-order valence-corrected chi connectivity index (χ1v) is 6.48. The Morgan fingerprint density at radius 3 is 2.88 bits per heavy atom. The van der Waals surface area contributed by atoms with Gasteiger partial charge in [0.1, 0.15) is 10.7 Å². The number of rotatable bonds is 4. The van der Waals surface area contributed by atoms with Crippen molar-refractivity contribution in [2.75, 3.05) is 6.54 Å². The molecule has 0 saturated carbocycles. The van der Waals surface area contributed by atoms with E-state index in [0.717, 1.165) is 9.88 Å². The zero-order valence-electron chi connectivity index (χ0n) is 8.67. The average molecular weight is 267 g/mol. The molecule has 0 radical (unpaired) electrons. The predicted octanol–water partition coefficient (Wildman–Crippen LogP) is 1.09. The third kappa shape index (κ3) is 2.89. The maximum atomic E-state index is 11.6. The number of hydrogen-bond donors (Lipinski definition) is 2. The zero-order chi connectivity index (χ0) is 12.3. The molecule has 5 nitrogen and oxygen atoms in total. The average Bonchev–Trinajstić information content (AvgIpc) is 2.94. The molecule has 0 aromatic carbocycles. The van der Waals surface area contributed by atoms with Crippen molar-refractivity contribution in [3.8, 4) is 9.88 Å². The molecule has 2 amide bonds. The second-order valence-electron chi connectivity index (χ2n) is 3.16. The van der Waals surface area contributed by atoms with Gasteiger partial charge in [0, 0.05) is 5.38 Å². The van der Waals surface area contributed by atoms with E-state index < -0.39 is 5.91 Å². The number of carbonyl (C=O) groups is 2. The van der Waals surface area contributed by atoms with Crippen LogP contribution in [0.5, 0.6) is 0 Å². The Labute approximate surface area is 105 Å². The van der Waals surface area contributed by atoms with Gasteiger partial charge in [0.2, 0.25) is 5.91 Å². The number of nitrogens with two attached hydrogens (primary N) is 1. The Morgan fingerprint density at radius 1 is 1.41 bits per heavy atom. The highest BCUT2D eigenvalue weighted by Crippen LogP contribution is 2.27. The molecule has 7 heteroatoms. The topological polar surface area (TPSA) is 85.1 Å². The third-order valence-electron chi connectivity index (χ3n) is 1.89. The van der Waals surface area contributed by atoms with Crippen LogP contribution in [0.1, 0.15) is 10.5 Å². The summed E-state index contributed by atoms with van der Waals surface area (Å²) >= 11 is 2.95. The van der Waals surface area contributed by atoms with Gasteiger partial charge in [0.25, 0.3) is 5.91 Å². The minimum atomic E-state index is -0.577. The van der Waals surface area contributed by atoms with Crippen LogP contribution in [-0.2, 0) is 4.79 Å². The van der Waals surface area contributed by atoms with Gasteiger partial charge in [-0.05, 0) is 11.4 Å². The highest BCUT2D eigenvalue weighted by Gasteiger charge is 2.12. The van der Waals surface area contributed by atoms with Crippen LogP contribution < -0.4 is 11.1 Å². The van der Waals surface area contributed by atoms with E-state index in [1.165, 1.54) is 11.3 Å². The molecule has 2 rings (SSSR count). The largest absolute Gasteiger partial charge is 0.368 e. The van der Waals surface area contributed by atoms with E-state index in [1.54, 1.807) is 16.7 Å². The van der Waals surface area contributed by atoms with Crippen molar-refractivity contribution >= 4 is 34.5 Å². The Morgan fingerprint density at radius 2 is 2.24 bits per heavy atom. The van der Waals surface area contributed by atoms with Crippen LogP contribution in [0, 0.1) is 0 Å². The Hall–Kier alpha value is -1.73. The SMILES string of the molecule is NC(=O)CNC(=O)c1csc(-c2cccs2)n1. The molecule has 0 atom stereocenters. The number of hydrogen-bond acceptors (Lipinski definition) is 5. The van der Waals surface area contributed by atoms with Crippen molar-refractivity contribution in [3.05, 3.63) is 28.6 Å². The molecule has 0 unspecified atom stereocenters. The van der Waals surface area contributed by atoms with Crippen LogP contribution in [0.15, 0.2) is 22.9 Å². The van der Waals surface area contributed by atoms with Gasteiger partial charge in [-0.25, -0.2) is 4.98 Å². The van der Waals surface area contributed by atoms with Crippen LogP contribution in [0.4, 0.5) is 0 Å². The zero-order valence-corrected chi connectivity index (χ0v) is 10.3. The lowest BCUT2D eigenvalue weighted by atomic mass is 10.4. The molecule has 3 N–H and O–H groups in total. The van der Waals surface area contributed by atoms with Gasteiger partial charge in [0.15, 0.2) is 0 Å². The molecular weight excluding hydrogens is 258 g/mol. The molecule has 0 saturated heterocycles. The molecule has 0 spiro atoms. The summed E-state index contributed by atoms with van der Waals surface area (Å²) in [5.41, 5.74) is 5.24. The van der Waals surface area contributed by atoms with Gasteiger partial charge >= 0.3 is 0 Å². The number of thiophene rings is 1.